The maximum atomic E-state index is 13.1. The Hall–Kier alpha value is -3.72. The van der Waals surface area contributed by atoms with E-state index in [2.05, 4.69) is 32.8 Å². The first-order chi connectivity index (χ1) is 19.4. The van der Waals surface area contributed by atoms with Crippen molar-refractivity contribution in [3.63, 3.8) is 0 Å². The molecular formula is C31H40N6O3. The van der Waals surface area contributed by atoms with Crippen LogP contribution in [0.3, 0.4) is 0 Å². The van der Waals surface area contributed by atoms with Gasteiger partial charge in [-0.2, -0.15) is 5.10 Å². The summed E-state index contributed by atoms with van der Waals surface area (Å²) in [5, 5.41) is 20.8. The number of amides is 1. The van der Waals surface area contributed by atoms with Gasteiger partial charge in [-0.3, -0.25) is 9.59 Å². The highest BCUT2D eigenvalue weighted by molar-refractivity contribution is 5.81. The summed E-state index contributed by atoms with van der Waals surface area (Å²) < 4.78 is 1.81. The van der Waals surface area contributed by atoms with Crippen LogP contribution in [0.1, 0.15) is 59.8 Å². The lowest BCUT2D eigenvalue weighted by Crippen LogP contribution is -2.44. The number of carboxylic acid groups (broad SMARTS) is 1. The molecule has 40 heavy (non-hydrogen) atoms. The highest BCUT2D eigenvalue weighted by Crippen LogP contribution is 2.23. The van der Waals surface area contributed by atoms with Crippen LogP contribution < -0.4 is 10.6 Å². The molecule has 1 saturated heterocycles. The number of likely N-dealkylation sites (tertiary alicyclic amines) is 1. The van der Waals surface area contributed by atoms with Crippen LogP contribution in [0, 0.1) is 19.8 Å². The summed E-state index contributed by atoms with van der Waals surface area (Å²) in [6.07, 6.45) is 5.95. The minimum Gasteiger partial charge on any atom is -0.481 e. The summed E-state index contributed by atoms with van der Waals surface area (Å²) in [7, 11) is 0. The van der Waals surface area contributed by atoms with E-state index < -0.39 is 11.9 Å². The Bertz CT molecular complexity index is 1350. The molecule has 1 aromatic carbocycles. The molecule has 2 aliphatic heterocycles. The minimum absolute atomic E-state index is 0.0588. The normalized spacial score (nSPS) is 18.0. The summed E-state index contributed by atoms with van der Waals surface area (Å²) >= 11 is 0. The molecule has 2 aliphatic rings. The summed E-state index contributed by atoms with van der Waals surface area (Å²) in [5.74, 6) is -0.943. The lowest BCUT2D eigenvalue weighted by Gasteiger charge is -2.32. The van der Waals surface area contributed by atoms with Gasteiger partial charge in [0.2, 0.25) is 5.91 Å². The van der Waals surface area contributed by atoms with Crippen molar-refractivity contribution >= 4 is 17.7 Å². The molecule has 0 aliphatic carbocycles. The monoisotopic (exact) mass is 544 g/mol. The second kappa shape index (κ2) is 12.6. The van der Waals surface area contributed by atoms with E-state index in [-0.39, 0.29) is 18.4 Å². The molecule has 2 aromatic heterocycles. The Kier molecular flexibility index (Phi) is 8.79. The standard InChI is InChI=1S/C31H40N6O3/c1-21-17-22(2)37(35-21)27-11-3-7-24(18-27)28(31(39)40)19-33-30(38)25-9-5-15-36(20-25)16-6-10-26-13-12-23-8-4-14-32-29(23)34-26/h3,7,11-13,17-18,25,28H,4-6,8-10,14-16,19-20H2,1-2H3,(H,32,34)(H,33,38)(H,39,40). The number of fused-ring (bicyclic) bond motifs is 1. The molecule has 0 radical (unpaired) electrons. The molecule has 1 amide bonds. The van der Waals surface area contributed by atoms with Gasteiger partial charge in [0.25, 0.3) is 0 Å². The van der Waals surface area contributed by atoms with Crippen molar-refractivity contribution in [1.82, 2.24) is 25.0 Å². The van der Waals surface area contributed by atoms with Gasteiger partial charge in [-0.1, -0.05) is 18.2 Å². The third-order valence-electron chi connectivity index (χ3n) is 8.04. The number of carbonyl (C=O) groups is 2. The molecule has 2 unspecified atom stereocenters. The molecule has 1 fully saturated rings. The topological polar surface area (TPSA) is 112 Å². The number of carboxylic acids is 1. The van der Waals surface area contributed by atoms with Crippen molar-refractivity contribution in [3.05, 3.63) is 70.7 Å². The van der Waals surface area contributed by atoms with Crippen molar-refractivity contribution in [1.29, 1.82) is 0 Å². The van der Waals surface area contributed by atoms with Crippen LogP contribution in [-0.4, -0.2) is 69.4 Å². The maximum Gasteiger partial charge on any atom is 0.312 e. The van der Waals surface area contributed by atoms with Gasteiger partial charge in [0.1, 0.15) is 5.82 Å². The average molecular weight is 545 g/mol. The van der Waals surface area contributed by atoms with Crippen molar-refractivity contribution in [2.24, 2.45) is 5.92 Å². The fourth-order valence-electron chi connectivity index (χ4n) is 5.92. The summed E-state index contributed by atoms with van der Waals surface area (Å²) in [4.78, 5) is 32.4. The average Bonchev–Trinajstić information content (AvgIpc) is 3.30. The highest BCUT2D eigenvalue weighted by atomic mass is 16.4. The first-order valence-electron chi connectivity index (χ1n) is 14.5. The van der Waals surface area contributed by atoms with Crippen LogP contribution in [-0.2, 0) is 22.4 Å². The third kappa shape index (κ3) is 6.70. The number of carbonyl (C=O) groups excluding carboxylic acids is 1. The van der Waals surface area contributed by atoms with Crippen LogP contribution in [0.4, 0.5) is 5.82 Å². The first-order valence-corrected chi connectivity index (χ1v) is 14.5. The quantitative estimate of drug-likeness (QED) is 0.355. The number of aliphatic carboxylic acids is 1. The highest BCUT2D eigenvalue weighted by Gasteiger charge is 2.28. The number of aromatic nitrogens is 3. The minimum atomic E-state index is -0.956. The van der Waals surface area contributed by atoms with Gasteiger partial charge in [-0.05, 0) is 101 Å². The molecule has 0 spiro atoms. The Morgan fingerprint density at radius 2 is 2.05 bits per heavy atom. The molecule has 9 nitrogen and oxygen atoms in total. The van der Waals surface area contributed by atoms with Gasteiger partial charge in [0.05, 0.1) is 23.2 Å². The van der Waals surface area contributed by atoms with E-state index in [4.69, 9.17) is 4.98 Å². The molecule has 5 rings (SSSR count). The Morgan fingerprint density at radius 1 is 1.18 bits per heavy atom. The fourth-order valence-corrected chi connectivity index (χ4v) is 5.92. The molecule has 4 heterocycles. The lowest BCUT2D eigenvalue weighted by molar-refractivity contribution is -0.138. The number of piperidine rings is 1. The van der Waals surface area contributed by atoms with Crippen LogP contribution in [0.15, 0.2) is 42.5 Å². The van der Waals surface area contributed by atoms with E-state index in [1.807, 2.05) is 42.8 Å². The van der Waals surface area contributed by atoms with Crippen molar-refractivity contribution < 1.29 is 14.7 Å². The predicted octanol–water partition coefficient (Wildman–Crippen LogP) is 3.87. The number of pyridine rings is 1. The number of rotatable bonds is 10. The van der Waals surface area contributed by atoms with Gasteiger partial charge in [-0.25, -0.2) is 9.67 Å². The third-order valence-corrected chi connectivity index (χ3v) is 8.04. The smallest absolute Gasteiger partial charge is 0.312 e. The zero-order valence-electron chi connectivity index (χ0n) is 23.5. The maximum absolute atomic E-state index is 13.1. The Balaban J connectivity index is 1.13. The van der Waals surface area contributed by atoms with Crippen molar-refractivity contribution in [2.45, 2.75) is 58.3 Å². The Labute approximate surface area is 236 Å². The zero-order chi connectivity index (χ0) is 28.1. The molecule has 9 heteroatoms. The van der Waals surface area contributed by atoms with Crippen LogP contribution in [0.25, 0.3) is 5.69 Å². The molecule has 0 bridgehead atoms. The molecule has 3 aromatic rings. The van der Waals surface area contributed by atoms with E-state index >= 15 is 0 Å². The first kappa shape index (κ1) is 27.8. The van der Waals surface area contributed by atoms with Crippen LogP contribution in [0.2, 0.25) is 0 Å². The molecular weight excluding hydrogens is 504 g/mol. The molecule has 2 atom stereocenters. The molecule has 3 N–H and O–H groups in total. The number of benzene rings is 1. The lowest BCUT2D eigenvalue weighted by atomic mass is 9.95. The van der Waals surface area contributed by atoms with Gasteiger partial charge in [0.15, 0.2) is 0 Å². The van der Waals surface area contributed by atoms with Gasteiger partial charge in [-0.15, -0.1) is 0 Å². The fraction of sp³-hybridized carbons (Fsp3) is 0.484. The van der Waals surface area contributed by atoms with E-state index in [1.165, 1.54) is 5.56 Å². The van der Waals surface area contributed by atoms with Crippen molar-refractivity contribution in [3.8, 4) is 5.69 Å². The molecule has 212 valence electrons. The zero-order valence-corrected chi connectivity index (χ0v) is 23.5. The van der Waals surface area contributed by atoms with Crippen molar-refractivity contribution in [2.75, 3.05) is 38.0 Å². The van der Waals surface area contributed by atoms with Crippen LogP contribution in [0.5, 0.6) is 0 Å². The number of hydrogen-bond acceptors (Lipinski definition) is 6. The van der Waals surface area contributed by atoms with Crippen LogP contribution >= 0.6 is 0 Å². The summed E-state index contributed by atoms with van der Waals surface area (Å²) in [6.45, 7) is 7.56. The summed E-state index contributed by atoms with van der Waals surface area (Å²) in [6, 6.07) is 13.7. The van der Waals surface area contributed by atoms with E-state index in [1.54, 1.807) is 6.07 Å². The SMILES string of the molecule is Cc1cc(C)n(-c2cccc(C(CNC(=O)C3CCCN(CCCc4ccc5c(n4)NCCC5)C3)C(=O)O)c2)n1. The number of hydrogen-bond donors (Lipinski definition) is 3. The van der Waals surface area contributed by atoms with E-state index in [9.17, 15) is 14.7 Å². The van der Waals surface area contributed by atoms with Gasteiger partial charge in [0, 0.05) is 31.0 Å². The molecule has 0 saturated carbocycles. The van der Waals surface area contributed by atoms with E-state index in [0.717, 1.165) is 86.7 Å². The predicted molar refractivity (Wildman–Crippen MR) is 155 cm³/mol. The largest absolute Gasteiger partial charge is 0.481 e. The number of aryl methyl sites for hydroxylation is 4. The number of nitrogens with zero attached hydrogens (tertiary/aromatic N) is 4. The second-order valence-electron chi connectivity index (χ2n) is 11.2. The van der Waals surface area contributed by atoms with Gasteiger partial charge < -0.3 is 20.6 Å². The van der Waals surface area contributed by atoms with E-state index in [0.29, 0.717) is 12.1 Å². The Morgan fingerprint density at radius 3 is 2.85 bits per heavy atom. The van der Waals surface area contributed by atoms with Gasteiger partial charge >= 0.3 is 5.97 Å². The summed E-state index contributed by atoms with van der Waals surface area (Å²) in [5.41, 5.74) is 5.76. The number of nitrogens with one attached hydrogen (secondary N) is 2. The second-order valence-corrected chi connectivity index (χ2v) is 11.2. The number of anilines is 1.